The molecular weight excluding hydrogens is 299 g/mol. The fraction of sp³-hybridized carbons (Fsp3) is 0.286. The van der Waals surface area contributed by atoms with Gasteiger partial charge >= 0.3 is 0 Å². The number of nitrogens with two attached hydrogens (primary N) is 1. The molecule has 100 valence electrons. The van der Waals surface area contributed by atoms with Gasteiger partial charge in [-0.05, 0) is 36.4 Å². The molecule has 0 atom stereocenters. The Labute approximate surface area is 126 Å². The summed E-state index contributed by atoms with van der Waals surface area (Å²) in [6, 6.07) is 8.29. The fourth-order valence-electron chi connectivity index (χ4n) is 2.21. The predicted octanol–water partition coefficient (Wildman–Crippen LogP) is 4.81. The number of rotatable bonds is 4. The number of benzene rings is 1. The Morgan fingerprint density at radius 1 is 1.26 bits per heavy atom. The molecule has 2 nitrogen and oxygen atoms in total. The van der Waals surface area contributed by atoms with Crippen LogP contribution in [0.4, 0.5) is 11.4 Å². The van der Waals surface area contributed by atoms with Crippen LogP contribution in [0.25, 0.3) is 0 Å². The van der Waals surface area contributed by atoms with Crippen LogP contribution in [0.1, 0.15) is 17.7 Å². The number of hydrogen-bond acceptors (Lipinski definition) is 3. The van der Waals surface area contributed by atoms with E-state index in [2.05, 4.69) is 22.4 Å². The lowest BCUT2D eigenvalue weighted by molar-refractivity contribution is 0.804. The van der Waals surface area contributed by atoms with Gasteiger partial charge in [-0.3, -0.25) is 0 Å². The number of hydrogen-bond donors (Lipinski definition) is 1. The Morgan fingerprint density at radius 3 is 2.47 bits per heavy atom. The number of nitrogen functional groups attached to an aromatic ring is 1. The van der Waals surface area contributed by atoms with Gasteiger partial charge in [0.25, 0.3) is 0 Å². The second-order valence-corrected chi connectivity index (χ2v) is 6.62. The summed E-state index contributed by atoms with van der Waals surface area (Å²) < 4.78 is 0. The lowest BCUT2D eigenvalue weighted by atomic mass is 10.2. The molecule has 0 aliphatic heterocycles. The second kappa shape index (κ2) is 5.23. The average molecular weight is 313 g/mol. The molecule has 2 aromatic rings. The van der Waals surface area contributed by atoms with E-state index in [1.165, 1.54) is 17.7 Å². The van der Waals surface area contributed by atoms with E-state index >= 15 is 0 Å². The molecule has 2 N–H and O–H groups in total. The minimum atomic E-state index is 0.542. The molecular formula is C14H14Cl2N2S. The van der Waals surface area contributed by atoms with Crippen LogP contribution in [0.3, 0.4) is 0 Å². The van der Waals surface area contributed by atoms with Crippen LogP contribution in [0.2, 0.25) is 10.0 Å². The maximum Gasteiger partial charge on any atom is 0.0752 e. The monoisotopic (exact) mass is 312 g/mol. The first-order valence-corrected chi connectivity index (χ1v) is 7.82. The zero-order chi connectivity index (χ0) is 13.4. The summed E-state index contributed by atoms with van der Waals surface area (Å²) in [5.74, 6) is 0. The van der Waals surface area contributed by atoms with Crippen molar-refractivity contribution in [3.63, 3.8) is 0 Å². The number of thiophene rings is 1. The molecule has 0 radical (unpaired) electrons. The average Bonchev–Trinajstić information content (AvgIpc) is 3.05. The maximum absolute atomic E-state index is 6.34. The largest absolute Gasteiger partial charge is 0.399 e. The zero-order valence-electron chi connectivity index (χ0n) is 10.3. The van der Waals surface area contributed by atoms with Crippen molar-refractivity contribution in [2.24, 2.45) is 0 Å². The highest BCUT2D eigenvalue weighted by atomic mass is 35.5. The van der Waals surface area contributed by atoms with Crippen LogP contribution < -0.4 is 10.6 Å². The molecule has 0 bridgehead atoms. The molecule has 1 heterocycles. The second-order valence-electron chi connectivity index (χ2n) is 4.77. The van der Waals surface area contributed by atoms with Crippen molar-refractivity contribution in [1.29, 1.82) is 0 Å². The molecule has 0 saturated heterocycles. The molecule has 1 aromatic carbocycles. The third-order valence-corrected chi connectivity index (χ3v) is 4.66. The quantitative estimate of drug-likeness (QED) is 0.821. The van der Waals surface area contributed by atoms with Crippen LogP contribution in [-0.2, 0) is 6.54 Å². The van der Waals surface area contributed by atoms with E-state index in [0.29, 0.717) is 21.8 Å². The van der Waals surface area contributed by atoms with Gasteiger partial charge in [0, 0.05) is 16.6 Å². The molecule has 19 heavy (non-hydrogen) atoms. The van der Waals surface area contributed by atoms with E-state index in [4.69, 9.17) is 28.9 Å². The number of nitrogens with zero attached hydrogens (tertiary/aromatic N) is 1. The van der Waals surface area contributed by atoms with Gasteiger partial charge in [-0.15, -0.1) is 11.3 Å². The van der Waals surface area contributed by atoms with Crippen LogP contribution >= 0.6 is 34.5 Å². The van der Waals surface area contributed by atoms with Crippen molar-refractivity contribution in [3.05, 3.63) is 44.6 Å². The molecule has 0 amide bonds. The first-order chi connectivity index (χ1) is 9.15. The van der Waals surface area contributed by atoms with Gasteiger partial charge in [-0.25, -0.2) is 0 Å². The Balaban J connectivity index is 1.96. The Hall–Kier alpha value is -0.900. The Bertz CT molecular complexity index is 556. The molecule has 3 rings (SSSR count). The minimum absolute atomic E-state index is 0.542. The molecule has 0 unspecified atom stereocenters. The molecule has 1 aliphatic rings. The van der Waals surface area contributed by atoms with Crippen LogP contribution in [-0.4, -0.2) is 6.04 Å². The van der Waals surface area contributed by atoms with Crippen molar-refractivity contribution >= 4 is 45.9 Å². The summed E-state index contributed by atoms with van der Waals surface area (Å²) in [4.78, 5) is 3.62. The van der Waals surface area contributed by atoms with Crippen molar-refractivity contribution in [2.75, 3.05) is 10.6 Å². The van der Waals surface area contributed by atoms with E-state index in [0.717, 1.165) is 12.2 Å². The van der Waals surface area contributed by atoms with Gasteiger partial charge in [-0.1, -0.05) is 29.3 Å². The third kappa shape index (κ3) is 2.83. The van der Waals surface area contributed by atoms with Crippen LogP contribution in [0.15, 0.2) is 29.6 Å². The van der Waals surface area contributed by atoms with E-state index in [-0.39, 0.29) is 0 Å². The van der Waals surface area contributed by atoms with Gasteiger partial charge in [0.15, 0.2) is 0 Å². The van der Waals surface area contributed by atoms with Gasteiger partial charge in [0.05, 0.1) is 22.3 Å². The topological polar surface area (TPSA) is 29.3 Å². The van der Waals surface area contributed by atoms with Crippen LogP contribution in [0, 0.1) is 0 Å². The first kappa shape index (κ1) is 13.1. The number of anilines is 2. The summed E-state index contributed by atoms with van der Waals surface area (Å²) in [6.45, 7) is 0.853. The Morgan fingerprint density at radius 2 is 1.95 bits per heavy atom. The third-order valence-electron chi connectivity index (χ3n) is 3.22. The van der Waals surface area contributed by atoms with Crippen molar-refractivity contribution in [3.8, 4) is 0 Å². The van der Waals surface area contributed by atoms with Crippen molar-refractivity contribution < 1.29 is 0 Å². The molecule has 1 aromatic heterocycles. The van der Waals surface area contributed by atoms with Gasteiger partial charge < -0.3 is 10.6 Å². The number of halogens is 2. The normalized spacial score (nSPS) is 14.6. The first-order valence-electron chi connectivity index (χ1n) is 6.18. The Kier molecular flexibility index (Phi) is 3.61. The zero-order valence-corrected chi connectivity index (χ0v) is 12.6. The molecule has 0 spiro atoms. The highest BCUT2D eigenvalue weighted by molar-refractivity contribution is 7.09. The summed E-state index contributed by atoms with van der Waals surface area (Å²) >= 11 is 14.4. The molecule has 1 aliphatic carbocycles. The van der Waals surface area contributed by atoms with Gasteiger partial charge in [0.1, 0.15) is 0 Å². The highest BCUT2D eigenvalue weighted by Crippen LogP contribution is 2.42. The SMILES string of the molecule is Nc1cc(Cl)c(N(Cc2cccs2)C2CC2)c(Cl)c1. The van der Waals surface area contributed by atoms with E-state index in [9.17, 15) is 0 Å². The fourth-order valence-corrected chi connectivity index (χ4v) is 3.63. The van der Waals surface area contributed by atoms with E-state index in [1.807, 2.05) is 0 Å². The molecule has 5 heteroatoms. The smallest absolute Gasteiger partial charge is 0.0752 e. The van der Waals surface area contributed by atoms with Gasteiger partial charge in [-0.2, -0.15) is 0 Å². The lowest BCUT2D eigenvalue weighted by Gasteiger charge is -2.26. The molecule has 1 saturated carbocycles. The minimum Gasteiger partial charge on any atom is -0.399 e. The molecule has 1 fully saturated rings. The van der Waals surface area contributed by atoms with Crippen molar-refractivity contribution in [2.45, 2.75) is 25.4 Å². The lowest BCUT2D eigenvalue weighted by Crippen LogP contribution is -2.25. The van der Waals surface area contributed by atoms with E-state index < -0.39 is 0 Å². The summed E-state index contributed by atoms with van der Waals surface area (Å²) in [7, 11) is 0. The highest BCUT2D eigenvalue weighted by Gasteiger charge is 2.32. The summed E-state index contributed by atoms with van der Waals surface area (Å²) in [5, 5.41) is 3.36. The standard InChI is InChI=1S/C14H14Cl2N2S/c15-12-6-9(17)7-13(16)14(12)18(10-3-4-10)8-11-2-1-5-19-11/h1-2,5-7,10H,3-4,8,17H2. The van der Waals surface area contributed by atoms with E-state index in [1.54, 1.807) is 23.5 Å². The van der Waals surface area contributed by atoms with Gasteiger partial charge in [0.2, 0.25) is 0 Å². The summed E-state index contributed by atoms with van der Waals surface area (Å²) in [6.07, 6.45) is 2.39. The predicted molar refractivity (Wildman–Crippen MR) is 84.4 cm³/mol. The maximum atomic E-state index is 6.34. The van der Waals surface area contributed by atoms with Crippen molar-refractivity contribution in [1.82, 2.24) is 0 Å². The van der Waals surface area contributed by atoms with Crippen LogP contribution in [0.5, 0.6) is 0 Å². The summed E-state index contributed by atoms with van der Waals surface area (Å²) in [5.41, 5.74) is 7.28.